The van der Waals surface area contributed by atoms with Crippen molar-refractivity contribution in [1.29, 1.82) is 0 Å². The third-order valence-corrected chi connectivity index (χ3v) is 4.33. The van der Waals surface area contributed by atoms with Gasteiger partial charge >= 0.3 is 0 Å². The van der Waals surface area contributed by atoms with Gasteiger partial charge in [-0.05, 0) is 54.8 Å². The Bertz CT molecular complexity index is 1030. The van der Waals surface area contributed by atoms with E-state index in [0.29, 0.717) is 17.4 Å². The predicted molar refractivity (Wildman–Crippen MR) is 115 cm³/mol. The number of allylic oxidation sites excluding steroid dienone is 1. The zero-order valence-electron chi connectivity index (χ0n) is 16.8. The van der Waals surface area contributed by atoms with E-state index in [9.17, 15) is 4.79 Å². The third kappa shape index (κ3) is 5.90. The van der Waals surface area contributed by atoms with Crippen LogP contribution in [0.1, 0.15) is 23.6 Å². The van der Waals surface area contributed by atoms with Gasteiger partial charge in [0.1, 0.15) is 17.9 Å². The summed E-state index contributed by atoms with van der Waals surface area (Å²) in [7, 11) is 0. The van der Waals surface area contributed by atoms with Crippen LogP contribution in [0.25, 0.3) is 0 Å². The molecule has 6 nitrogen and oxygen atoms in total. The van der Waals surface area contributed by atoms with Gasteiger partial charge in [-0.25, -0.2) is 9.97 Å². The Labute approximate surface area is 170 Å². The number of nitrogens with one attached hydrogen (secondary N) is 2. The van der Waals surface area contributed by atoms with Gasteiger partial charge in [0.25, 0.3) is 0 Å². The minimum Gasteiger partial charge on any atom is -0.439 e. The van der Waals surface area contributed by atoms with Crippen molar-refractivity contribution in [3.05, 3.63) is 83.8 Å². The van der Waals surface area contributed by atoms with E-state index in [1.807, 2.05) is 24.3 Å². The first-order chi connectivity index (χ1) is 13.9. The molecule has 0 unspecified atom stereocenters. The Kier molecular flexibility index (Phi) is 6.24. The van der Waals surface area contributed by atoms with Crippen LogP contribution in [0.2, 0.25) is 0 Å². The molecule has 3 aromatic rings. The molecule has 0 saturated heterocycles. The second-order valence-corrected chi connectivity index (χ2v) is 6.87. The third-order valence-electron chi connectivity index (χ3n) is 4.33. The summed E-state index contributed by atoms with van der Waals surface area (Å²) in [4.78, 5) is 19.2. The summed E-state index contributed by atoms with van der Waals surface area (Å²) in [6.07, 6.45) is 2.10. The highest BCUT2D eigenvalue weighted by Gasteiger charge is 2.05. The minimum absolute atomic E-state index is 0.203. The first-order valence-electron chi connectivity index (χ1n) is 9.27. The van der Waals surface area contributed by atoms with Crippen LogP contribution in [0, 0.1) is 13.8 Å². The fraction of sp³-hybridized carbons (Fsp3) is 0.174. The van der Waals surface area contributed by atoms with Gasteiger partial charge in [0, 0.05) is 30.8 Å². The number of amides is 1. The molecule has 0 aliphatic carbocycles. The molecule has 1 heterocycles. The van der Waals surface area contributed by atoms with Crippen molar-refractivity contribution in [2.24, 2.45) is 0 Å². The number of hydrogen-bond acceptors (Lipinski definition) is 5. The maximum Gasteiger partial charge on any atom is 0.224 e. The van der Waals surface area contributed by atoms with Crippen LogP contribution >= 0.6 is 0 Å². The van der Waals surface area contributed by atoms with Crippen molar-refractivity contribution in [2.75, 3.05) is 10.6 Å². The Morgan fingerprint density at radius 2 is 1.76 bits per heavy atom. The Morgan fingerprint density at radius 3 is 2.45 bits per heavy atom. The normalized spacial score (nSPS) is 10.3. The molecule has 29 heavy (non-hydrogen) atoms. The Balaban J connectivity index is 1.59. The zero-order valence-corrected chi connectivity index (χ0v) is 16.8. The van der Waals surface area contributed by atoms with E-state index in [1.165, 1.54) is 29.9 Å². The number of benzene rings is 2. The summed E-state index contributed by atoms with van der Waals surface area (Å²) in [6.45, 7) is 9.77. The number of anilines is 2. The topological polar surface area (TPSA) is 76.1 Å². The van der Waals surface area contributed by atoms with Crippen molar-refractivity contribution >= 4 is 17.4 Å². The van der Waals surface area contributed by atoms with E-state index >= 15 is 0 Å². The maximum absolute atomic E-state index is 11.1. The lowest BCUT2D eigenvalue weighted by atomic mass is 10.0. The summed E-state index contributed by atoms with van der Waals surface area (Å²) in [5.41, 5.74) is 5.63. The molecule has 0 bridgehead atoms. The molecule has 3 rings (SSSR count). The second-order valence-electron chi connectivity index (χ2n) is 6.87. The fourth-order valence-electron chi connectivity index (χ4n) is 2.78. The Morgan fingerprint density at radius 1 is 1.00 bits per heavy atom. The van der Waals surface area contributed by atoms with E-state index in [4.69, 9.17) is 4.74 Å². The van der Waals surface area contributed by atoms with Crippen LogP contribution in [-0.2, 0) is 11.2 Å². The Hall–Kier alpha value is -3.67. The number of aryl methyl sites for hydroxylation is 2. The van der Waals surface area contributed by atoms with E-state index in [0.717, 1.165) is 17.8 Å². The molecule has 0 aliphatic rings. The number of carbonyl (C=O) groups excluding carboxylic acids is 1. The number of aromatic nitrogens is 2. The molecule has 2 N–H and O–H groups in total. The first-order valence-corrected chi connectivity index (χ1v) is 9.27. The summed E-state index contributed by atoms with van der Waals surface area (Å²) < 4.78 is 5.73. The molecule has 0 atom stereocenters. The average molecular weight is 388 g/mol. The van der Waals surface area contributed by atoms with E-state index in [1.54, 1.807) is 6.07 Å². The zero-order chi connectivity index (χ0) is 20.8. The number of nitrogens with zero attached hydrogens (tertiary/aromatic N) is 2. The van der Waals surface area contributed by atoms with Gasteiger partial charge in [-0.15, -0.1) is 0 Å². The van der Waals surface area contributed by atoms with Gasteiger partial charge in [-0.1, -0.05) is 24.8 Å². The summed E-state index contributed by atoms with van der Waals surface area (Å²) in [5.74, 6) is 1.17. The molecule has 0 radical (unpaired) electrons. The largest absolute Gasteiger partial charge is 0.439 e. The van der Waals surface area contributed by atoms with Crippen LogP contribution in [0.4, 0.5) is 11.5 Å². The highest BCUT2D eigenvalue weighted by molar-refractivity contribution is 5.87. The van der Waals surface area contributed by atoms with E-state index < -0.39 is 0 Å². The molecule has 0 aliphatic heterocycles. The standard InChI is InChI=1S/C23H24N4O2/c1-15-5-6-19(11-16(15)2)12-17(3)26-20-7-9-21(10-8-20)29-23-13-22(24-14-25-23)27-18(4)28/h5-11,13-14,26H,3,12H2,1-2,4H3,(H,24,25,27,28). The van der Waals surface area contributed by atoms with Gasteiger partial charge < -0.3 is 15.4 Å². The highest BCUT2D eigenvalue weighted by Crippen LogP contribution is 2.23. The quantitative estimate of drug-likeness (QED) is 0.595. The van der Waals surface area contributed by atoms with Gasteiger partial charge in [-0.2, -0.15) is 0 Å². The molecular formula is C23H24N4O2. The first kappa shape index (κ1) is 20.1. The van der Waals surface area contributed by atoms with E-state index in [2.05, 4.69) is 59.2 Å². The molecule has 6 heteroatoms. The molecule has 0 saturated carbocycles. The van der Waals surface area contributed by atoms with E-state index in [-0.39, 0.29) is 5.91 Å². The van der Waals surface area contributed by atoms with Crippen LogP contribution in [0.3, 0.4) is 0 Å². The van der Waals surface area contributed by atoms with Gasteiger partial charge in [0.05, 0.1) is 0 Å². The lowest BCUT2D eigenvalue weighted by Gasteiger charge is -2.12. The molecule has 1 aromatic heterocycles. The van der Waals surface area contributed by atoms with Crippen molar-refractivity contribution in [3.63, 3.8) is 0 Å². The lowest BCUT2D eigenvalue weighted by molar-refractivity contribution is -0.114. The average Bonchev–Trinajstić information content (AvgIpc) is 2.66. The van der Waals surface area contributed by atoms with Crippen molar-refractivity contribution in [1.82, 2.24) is 9.97 Å². The molecular weight excluding hydrogens is 364 g/mol. The van der Waals surface area contributed by atoms with Crippen LogP contribution in [0.15, 0.2) is 67.1 Å². The second kappa shape index (κ2) is 9.01. The smallest absolute Gasteiger partial charge is 0.224 e. The number of rotatable bonds is 7. The molecule has 1 amide bonds. The number of carbonyl (C=O) groups is 1. The van der Waals surface area contributed by atoms with Crippen molar-refractivity contribution in [3.8, 4) is 11.6 Å². The summed E-state index contributed by atoms with van der Waals surface area (Å²) in [5, 5.41) is 5.92. The van der Waals surface area contributed by atoms with Gasteiger partial charge in [0.2, 0.25) is 11.8 Å². The fourth-order valence-corrected chi connectivity index (χ4v) is 2.78. The summed E-state index contributed by atoms with van der Waals surface area (Å²) in [6, 6.07) is 15.5. The van der Waals surface area contributed by atoms with Gasteiger partial charge in [0.15, 0.2) is 0 Å². The summed E-state index contributed by atoms with van der Waals surface area (Å²) >= 11 is 0. The molecule has 0 spiro atoms. The number of hydrogen-bond donors (Lipinski definition) is 2. The van der Waals surface area contributed by atoms with Gasteiger partial charge in [-0.3, -0.25) is 4.79 Å². The predicted octanol–water partition coefficient (Wildman–Crippen LogP) is 5.01. The van der Waals surface area contributed by atoms with Crippen LogP contribution in [-0.4, -0.2) is 15.9 Å². The SMILES string of the molecule is C=C(Cc1ccc(C)c(C)c1)Nc1ccc(Oc2cc(NC(C)=O)ncn2)cc1. The molecule has 0 fully saturated rings. The minimum atomic E-state index is -0.203. The van der Waals surface area contributed by atoms with Crippen molar-refractivity contribution in [2.45, 2.75) is 27.2 Å². The molecule has 2 aromatic carbocycles. The monoisotopic (exact) mass is 388 g/mol. The molecule has 148 valence electrons. The van der Waals surface area contributed by atoms with Crippen LogP contribution in [0.5, 0.6) is 11.6 Å². The van der Waals surface area contributed by atoms with Crippen LogP contribution < -0.4 is 15.4 Å². The highest BCUT2D eigenvalue weighted by atomic mass is 16.5. The maximum atomic E-state index is 11.1. The lowest BCUT2D eigenvalue weighted by Crippen LogP contribution is -2.07. The van der Waals surface area contributed by atoms with Crippen molar-refractivity contribution < 1.29 is 9.53 Å². The number of ether oxygens (including phenoxy) is 1.